The van der Waals surface area contributed by atoms with Crippen LogP contribution in [0.1, 0.15) is 35.4 Å². The summed E-state index contributed by atoms with van der Waals surface area (Å²) >= 11 is 0. The average molecular weight is 374 g/mol. The van der Waals surface area contributed by atoms with Crippen LogP contribution in [0, 0.1) is 17.2 Å². The van der Waals surface area contributed by atoms with Crippen LogP contribution in [0.2, 0.25) is 0 Å². The Labute approximate surface area is 167 Å². The van der Waals surface area contributed by atoms with Crippen molar-refractivity contribution in [1.82, 2.24) is 9.80 Å². The van der Waals surface area contributed by atoms with Gasteiger partial charge in [-0.2, -0.15) is 5.26 Å². The summed E-state index contributed by atoms with van der Waals surface area (Å²) in [4.78, 5) is 5.47. The van der Waals surface area contributed by atoms with Gasteiger partial charge in [-0.3, -0.25) is 9.80 Å². The summed E-state index contributed by atoms with van der Waals surface area (Å²) in [6, 6.07) is 20.3. The SMILES string of the molecule is COc1ccc([C@@H]2CN(Cc3ccc(C#N)cc3)[C@@H]3C4CCN(CC4)[C@@H]32)cc1. The number of fused-ring (bicyclic) bond motifs is 2. The van der Waals surface area contributed by atoms with Gasteiger partial charge >= 0.3 is 0 Å². The van der Waals surface area contributed by atoms with E-state index in [1.165, 1.54) is 37.1 Å². The number of piperidine rings is 3. The summed E-state index contributed by atoms with van der Waals surface area (Å²) in [5.41, 5.74) is 3.48. The van der Waals surface area contributed by atoms with E-state index in [0.29, 0.717) is 18.0 Å². The van der Waals surface area contributed by atoms with E-state index >= 15 is 0 Å². The highest BCUT2D eigenvalue weighted by Gasteiger charge is 2.53. The van der Waals surface area contributed by atoms with E-state index in [0.717, 1.165) is 30.3 Å². The van der Waals surface area contributed by atoms with Crippen LogP contribution in [0.5, 0.6) is 5.75 Å². The number of hydrogen-bond acceptors (Lipinski definition) is 4. The molecule has 4 nitrogen and oxygen atoms in total. The predicted molar refractivity (Wildman–Crippen MR) is 109 cm³/mol. The Hall–Kier alpha value is -2.35. The molecule has 0 saturated carbocycles. The molecule has 0 aromatic heterocycles. The Bertz CT molecular complexity index is 862. The van der Waals surface area contributed by atoms with Gasteiger partial charge in [0.2, 0.25) is 0 Å². The zero-order valence-corrected chi connectivity index (χ0v) is 16.4. The molecule has 0 unspecified atom stereocenters. The van der Waals surface area contributed by atoms with Crippen LogP contribution in [0.15, 0.2) is 48.5 Å². The first-order chi connectivity index (χ1) is 13.8. The van der Waals surface area contributed by atoms with Gasteiger partial charge in [-0.25, -0.2) is 0 Å². The average Bonchev–Trinajstić information content (AvgIpc) is 3.17. The van der Waals surface area contributed by atoms with Gasteiger partial charge in [-0.05, 0) is 67.2 Å². The summed E-state index contributed by atoms with van der Waals surface area (Å²) in [6.07, 6.45) is 2.67. The monoisotopic (exact) mass is 373 g/mol. The number of methoxy groups -OCH3 is 1. The number of nitriles is 1. The van der Waals surface area contributed by atoms with Crippen molar-refractivity contribution in [3.8, 4) is 11.8 Å². The molecule has 144 valence electrons. The minimum absolute atomic E-state index is 0.553. The standard InChI is InChI=1S/C24H27N3O/c1-28-21-8-6-19(7-9-21)22-16-27(15-18-4-2-17(14-25)3-5-18)23-20-10-12-26(13-11-20)24(22)23/h2-9,20,22-24H,10-13,15-16H2,1H3/t22-,23+,24+/m0/s1. The van der Waals surface area contributed by atoms with Crippen molar-refractivity contribution in [2.45, 2.75) is 37.4 Å². The van der Waals surface area contributed by atoms with Crippen molar-refractivity contribution in [2.75, 3.05) is 26.7 Å². The summed E-state index contributed by atoms with van der Waals surface area (Å²) in [7, 11) is 1.73. The van der Waals surface area contributed by atoms with E-state index in [-0.39, 0.29) is 0 Å². The Morgan fingerprint density at radius 2 is 1.71 bits per heavy atom. The van der Waals surface area contributed by atoms with Crippen molar-refractivity contribution in [3.05, 3.63) is 65.2 Å². The maximum Gasteiger partial charge on any atom is 0.118 e. The number of nitrogens with zero attached hydrogens (tertiary/aromatic N) is 3. The summed E-state index contributed by atoms with van der Waals surface area (Å²) in [5, 5.41) is 9.06. The molecule has 0 N–H and O–H groups in total. The normalized spacial score (nSPS) is 31.4. The molecule has 4 aliphatic rings. The number of rotatable bonds is 4. The molecule has 6 rings (SSSR count). The van der Waals surface area contributed by atoms with E-state index in [4.69, 9.17) is 10.00 Å². The first kappa shape index (κ1) is 17.7. The van der Waals surface area contributed by atoms with Crippen molar-refractivity contribution >= 4 is 0 Å². The second-order valence-corrected chi connectivity index (χ2v) is 8.47. The van der Waals surface area contributed by atoms with Gasteiger partial charge in [-0.15, -0.1) is 0 Å². The van der Waals surface area contributed by atoms with Gasteiger partial charge in [0.15, 0.2) is 0 Å². The Kier molecular flexibility index (Phi) is 4.58. The lowest BCUT2D eigenvalue weighted by molar-refractivity contribution is -0.00869. The fraction of sp³-hybridized carbons (Fsp3) is 0.458. The minimum Gasteiger partial charge on any atom is -0.497 e. The van der Waals surface area contributed by atoms with E-state index in [2.05, 4.69) is 52.3 Å². The van der Waals surface area contributed by atoms with Gasteiger partial charge in [0.25, 0.3) is 0 Å². The fourth-order valence-electron chi connectivity index (χ4n) is 5.79. The highest BCUT2D eigenvalue weighted by Crippen LogP contribution is 2.47. The highest BCUT2D eigenvalue weighted by atomic mass is 16.5. The van der Waals surface area contributed by atoms with Gasteiger partial charge in [-0.1, -0.05) is 24.3 Å². The third-order valence-electron chi connectivity index (χ3n) is 7.11. The van der Waals surface area contributed by atoms with Crippen molar-refractivity contribution in [1.29, 1.82) is 5.26 Å². The first-order valence-electron chi connectivity index (χ1n) is 10.4. The molecule has 4 aliphatic heterocycles. The van der Waals surface area contributed by atoms with Crippen LogP contribution in [0.4, 0.5) is 0 Å². The fourth-order valence-corrected chi connectivity index (χ4v) is 5.79. The smallest absolute Gasteiger partial charge is 0.118 e. The molecule has 0 spiro atoms. The Morgan fingerprint density at radius 3 is 2.36 bits per heavy atom. The molecule has 28 heavy (non-hydrogen) atoms. The summed E-state index contributed by atoms with van der Waals surface area (Å²) < 4.78 is 5.36. The maximum atomic E-state index is 9.06. The van der Waals surface area contributed by atoms with Crippen LogP contribution in [-0.4, -0.2) is 48.6 Å². The zero-order valence-electron chi connectivity index (χ0n) is 16.4. The quantitative estimate of drug-likeness (QED) is 0.820. The molecule has 2 bridgehead atoms. The van der Waals surface area contributed by atoms with Crippen LogP contribution in [-0.2, 0) is 6.54 Å². The molecular formula is C24H27N3O. The second-order valence-electron chi connectivity index (χ2n) is 8.47. The molecule has 0 amide bonds. The van der Waals surface area contributed by atoms with E-state index in [1.54, 1.807) is 7.11 Å². The summed E-state index contributed by atoms with van der Waals surface area (Å²) in [5.74, 6) is 2.30. The number of benzene rings is 2. The molecule has 2 aromatic carbocycles. The lowest BCUT2D eigenvalue weighted by Crippen LogP contribution is -2.59. The molecule has 2 aromatic rings. The molecule has 0 aliphatic carbocycles. The number of hydrogen-bond donors (Lipinski definition) is 0. The molecule has 4 fully saturated rings. The summed E-state index contributed by atoms with van der Waals surface area (Å²) in [6.45, 7) is 4.59. The topological polar surface area (TPSA) is 39.5 Å². The molecule has 4 saturated heterocycles. The van der Waals surface area contributed by atoms with E-state index < -0.39 is 0 Å². The third kappa shape index (κ3) is 2.99. The Balaban J connectivity index is 1.43. The second kappa shape index (κ2) is 7.24. The van der Waals surface area contributed by atoms with Gasteiger partial charge in [0.1, 0.15) is 5.75 Å². The van der Waals surface area contributed by atoms with Crippen LogP contribution in [0.3, 0.4) is 0 Å². The molecule has 4 heterocycles. The van der Waals surface area contributed by atoms with Crippen molar-refractivity contribution in [2.24, 2.45) is 5.92 Å². The lowest BCUT2D eigenvalue weighted by Gasteiger charge is -2.51. The highest BCUT2D eigenvalue weighted by molar-refractivity contribution is 5.34. The van der Waals surface area contributed by atoms with Gasteiger partial charge in [0.05, 0.1) is 18.7 Å². The van der Waals surface area contributed by atoms with Crippen LogP contribution in [0.25, 0.3) is 0 Å². The van der Waals surface area contributed by atoms with Crippen molar-refractivity contribution in [3.63, 3.8) is 0 Å². The maximum absolute atomic E-state index is 9.06. The molecule has 3 atom stereocenters. The largest absolute Gasteiger partial charge is 0.497 e. The predicted octanol–water partition coefficient (Wildman–Crippen LogP) is 3.63. The first-order valence-corrected chi connectivity index (χ1v) is 10.4. The minimum atomic E-state index is 0.553. The van der Waals surface area contributed by atoms with Gasteiger partial charge < -0.3 is 4.74 Å². The van der Waals surface area contributed by atoms with Gasteiger partial charge in [0, 0.05) is 31.1 Å². The lowest BCUT2D eigenvalue weighted by atomic mass is 9.75. The third-order valence-corrected chi connectivity index (χ3v) is 7.11. The van der Waals surface area contributed by atoms with Crippen LogP contribution < -0.4 is 4.74 Å². The Morgan fingerprint density at radius 1 is 1.00 bits per heavy atom. The zero-order chi connectivity index (χ0) is 19.1. The molecule has 0 radical (unpaired) electrons. The molecular weight excluding hydrogens is 346 g/mol. The van der Waals surface area contributed by atoms with Crippen LogP contribution >= 0.6 is 0 Å². The molecule has 4 heteroatoms. The van der Waals surface area contributed by atoms with E-state index in [1.807, 2.05) is 12.1 Å². The van der Waals surface area contributed by atoms with E-state index in [9.17, 15) is 0 Å². The van der Waals surface area contributed by atoms with Crippen molar-refractivity contribution < 1.29 is 4.74 Å². The number of ether oxygens (including phenoxy) is 1. The number of likely N-dealkylation sites (tertiary alicyclic amines) is 1.